The first-order chi connectivity index (χ1) is 11.7. The van der Waals surface area contributed by atoms with Gasteiger partial charge >= 0.3 is 0 Å². The van der Waals surface area contributed by atoms with Gasteiger partial charge in [0.25, 0.3) is 0 Å². The molecule has 7 nitrogen and oxygen atoms in total. The van der Waals surface area contributed by atoms with E-state index in [1.54, 1.807) is 28.8 Å². The second-order valence-electron chi connectivity index (χ2n) is 6.41. The molecule has 8 heteroatoms. The molecular weight excluding hydrogens is 326 g/mol. The van der Waals surface area contributed by atoms with Crippen molar-refractivity contribution in [2.24, 2.45) is 5.92 Å². The summed E-state index contributed by atoms with van der Waals surface area (Å²) < 4.78 is 1.77. The second kappa shape index (κ2) is 6.35. The molecule has 0 N–H and O–H groups in total. The van der Waals surface area contributed by atoms with E-state index in [1.165, 1.54) is 11.3 Å². The van der Waals surface area contributed by atoms with Gasteiger partial charge in [0.1, 0.15) is 6.54 Å². The van der Waals surface area contributed by atoms with E-state index in [4.69, 9.17) is 0 Å². The summed E-state index contributed by atoms with van der Waals surface area (Å²) in [7, 11) is 0. The average molecular weight is 345 g/mol. The number of rotatable bonds is 4. The largest absolute Gasteiger partial charge is 0.338 e. The number of thiazole rings is 1. The van der Waals surface area contributed by atoms with E-state index in [0.29, 0.717) is 19.6 Å². The fraction of sp³-hybridized carbons (Fsp3) is 0.500. The molecule has 0 radical (unpaired) electrons. The highest BCUT2D eigenvalue weighted by molar-refractivity contribution is 7.07. The van der Waals surface area contributed by atoms with Gasteiger partial charge in [0.15, 0.2) is 0 Å². The highest BCUT2D eigenvalue weighted by Crippen LogP contribution is 2.30. The van der Waals surface area contributed by atoms with Crippen molar-refractivity contribution in [3.05, 3.63) is 35.3 Å². The van der Waals surface area contributed by atoms with Crippen LogP contribution in [0.2, 0.25) is 0 Å². The first-order valence-electron chi connectivity index (χ1n) is 8.12. The molecule has 0 aromatic carbocycles. The molecule has 2 atom stereocenters. The Labute approximate surface area is 143 Å². The fourth-order valence-electron chi connectivity index (χ4n) is 3.58. The van der Waals surface area contributed by atoms with Crippen LogP contribution in [0.15, 0.2) is 29.6 Å². The Morgan fingerprint density at radius 1 is 1.33 bits per heavy atom. The summed E-state index contributed by atoms with van der Waals surface area (Å²) in [6, 6.07) is 0.0877. The normalized spacial score (nSPS) is 23.6. The predicted octanol–water partition coefficient (Wildman–Crippen LogP) is 0.989. The van der Waals surface area contributed by atoms with E-state index in [9.17, 15) is 9.59 Å². The summed E-state index contributed by atoms with van der Waals surface area (Å²) in [5.74, 6) is 0.125. The van der Waals surface area contributed by atoms with Gasteiger partial charge in [-0.1, -0.05) is 0 Å². The van der Waals surface area contributed by atoms with Crippen molar-refractivity contribution in [2.45, 2.75) is 32.0 Å². The lowest BCUT2D eigenvalue weighted by Gasteiger charge is -2.35. The zero-order valence-electron chi connectivity index (χ0n) is 13.2. The van der Waals surface area contributed by atoms with Crippen LogP contribution in [-0.2, 0) is 22.7 Å². The maximum Gasteiger partial charge on any atom is 0.242 e. The molecule has 3 saturated heterocycles. The standard InChI is InChI=1S/C16H19N5O2S/c22-15(8-19-4-3-17-10-19)20-5-12-1-2-14(7-20)21(16(12)23)6-13-9-24-11-18-13/h3-4,9-12,14H,1-2,5-8H2/t12-,14+/m0/s1. The third-order valence-electron chi connectivity index (χ3n) is 4.84. The van der Waals surface area contributed by atoms with E-state index in [2.05, 4.69) is 9.97 Å². The van der Waals surface area contributed by atoms with Crippen LogP contribution in [0.4, 0.5) is 0 Å². The Morgan fingerprint density at radius 3 is 3.00 bits per heavy atom. The number of amides is 2. The molecule has 0 saturated carbocycles. The van der Waals surface area contributed by atoms with Gasteiger partial charge in [-0.25, -0.2) is 9.97 Å². The SMILES string of the molecule is O=C(Cn1ccnc1)N1C[C@@H]2CC[C@H](C1)N(Cc1cscn1)C2=O. The first kappa shape index (κ1) is 15.3. The lowest BCUT2D eigenvalue weighted by Crippen LogP contribution is -2.47. The first-order valence-corrected chi connectivity index (χ1v) is 9.06. The highest BCUT2D eigenvalue weighted by Gasteiger charge is 2.41. The van der Waals surface area contributed by atoms with Crippen molar-refractivity contribution in [1.29, 1.82) is 0 Å². The third-order valence-corrected chi connectivity index (χ3v) is 5.47. The molecule has 2 amide bonds. The minimum Gasteiger partial charge on any atom is -0.338 e. The molecule has 3 aliphatic rings. The molecular formula is C16H19N5O2S. The minimum absolute atomic E-state index is 0.0493. The highest BCUT2D eigenvalue weighted by atomic mass is 32.1. The van der Waals surface area contributed by atoms with E-state index < -0.39 is 0 Å². The van der Waals surface area contributed by atoms with E-state index in [0.717, 1.165) is 18.5 Å². The Morgan fingerprint density at radius 2 is 2.25 bits per heavy atom. The van der Waals surface area contributed by atoms with Gasteiger partial charge < -0.3 is 14.4 Å². The molecule has 5 rings (SSSR count). The second-order valence-corrected chi connectivity index (χ2v) is 7.13. The van der Waals surface area contributed by atoms with Crippen LogP contribution >= 0.6 is 11.3 Å². The molecule has 3 fully saturated rings. The predicted molar refractivity (Wildman–Crippen MR) is 88.0 cm³/mol. The zero-order chi connectivity index (χ0) is 16.5. The number of aromatic nitrogens is 3. The Bertz CT molecular complexity index is 715. The van der Waals surface area contributed by atoms with Gasteiger partial charge in [-0.3, -0.25) is 9.59 Å². The van der Waals surface area contributed by atoms with Crippen molar-refractivity contribution in [2.75, 3.05) is 13.1 Å². The van der Waals surface area contributed by atoms with Crippen LogP contribution in [0.3, 0.4) is 0 Å². The van der Waals surface area contributed by atoms with Crippen molar-refractivity contribution in [3.63, 3.8) is 0 Å². The van der Waals surface area contributed by atoms with Crippen LogP contribution in [0.1, 0.15) is 18.5 Å². The smallest absolute Gasteiger partial charge is 0.242 e. The van der Waals surface area contributed by atoms with E-state index in [1.807, 2.05) is 15.2 Å². The van der Waals surface area contributed by atoms with E-state index in [-0.39, 0.29) is 30.3 Å². The summed E-state index contributed by atoms with van der Waals surface area (Å²) in [5, 5.41) is 1.98. The quantitative estimate of drug-likeness (QED) is 0.828. The molecule has 0 aliphatic carbocycles. The number of hydrogen-bond acceptors (Lipinski definition) is 5. The molecule has 2 aromatic heterocycles. The summed E-state index contributed by atoms with van der Waals surface area (Å²) in [4.78, 5) is 37.4. The molecule has 2 bridgehead atoms. The monoisotopic (exact) mass is 345 g/mol. The average Bonchev–Trinajstić information content (AvgIpc) is 3.20. The molecule has 24 heavy (non-hydrogen) atoms. The van der Waals surface area contributed by atoms with Crippen molar-refractivity contribution >= 4 is 23.2 Å². The van der Waals surface area contributed by atoms with Crippen LogP contribution in [0.25, 0.3) is 0 Å². The van der Waals surface area contributed by atoms with Crippen molar-refractivity contribution < 1.29 is 9.59 Å². The van der Waals surface area contributed by atoms with Gasteiger partial charge in [-0.05, 0) is 12.8 Å². The molecule has 0 unspecified atom stereocenters. The van der Waals surface area contributed by atoms with Gasteiger partial charge in [-0.15, -0.1) is 11.3 Å². The number of piperidine rings is 1. The van der Waals surface area contributed by atoms with Crippen molar-refractivity contribution in [1.82, 2.24) is 24.3 Å². The maximum absolute atomic E-state index is 12.8. The Balaban J connectivity index is 1.49. The van der Waals surface area contributed by atoms with Crippen LogP contribution in [0, 0.1) is 5.92 Å². The fourth-order valence-corrected chi connectivity index (χ4v) is 4.13. The maximum atomic E-state index is 12.8. The van der Waals surface area contributed by atoms with Gasteiger partial charge in [0.05, 0.1) is 30.0 Å². The number of carbonyl (C=O) groups excluding carboxylic acids is 2. The number of fused-ring (bicyclic) bond motifs is 4. The Kier molecular flexibility index (Phi) is 4.05. The Hall–Kier alpha value is -2.22. The molecule has 0 spiro atoms. The van der Waals surface area contributed by atoms with Gasteiger partial charge in [0, 0.05) is 36.9 Å². The molecule has 126 valence electrons. The van der Waals surface area contributed by atoms with E-state index >= 15 is 0 Å². The van der Waals surface area contributed by atoms with Crippen LogP contribution in [-0.4, -0.2) is 55.3 Å². The lowest BCUT2D eigenvalue weighted by atomic mass is 9.94. The third kappa shape index (κ3) is 2.93. The number of hydrogen-bond donors (Lipinski definition) is 0. The molecule has 3 aliphatic heterocycles. The van der Waals surface area contributed by atoms with Crippen LogP contribution in [0.5, 0.6) is 0 Å². The van der Waals surface area contributed by atoms with Gasteiger partial charge in [-0.2, -0.15) is 0 Å². The molecule has 2 aromatic rings. The number of carbonyl (C=O) groups is 2. The summed E-state index contributed by atoms with van der Waals surface area (Å²) in [6.45, 7) is 1.96. The summed E-state index contributed by atoms with van der Waals surface area (Å²) in [6.07, 6.45) is 6.91. The number of imidazole rings is 1. The minimum atomic E-state index is -0.0888. The summed E-state index contributed by atoms with van der Waals surface area (Å²) in [5.41, 5.74) is 2.72. The summed E-state index contributed by atoms with van der Waals surface area (Å²) >= 11 is 1.54. The zero-order valence-corrected chi connectivity index (χ0v) is 14.1. The lowest BCUT2D eigenvalue weighted by molar-refractivity contribution is -0.140. The number of nitrogens with zero attached hydrogens (tertiary/aromatic N) is 5. The van der Waals surface area contributed by atoms with Crippen molar-refractivity contribution in [3.8, 4) is 0 Å². The molecule has 5 heterocycles. The topological polar surface area (TPSA) is 71.3 Å². The van der Waals surface area contributed by atoms with Crippen LogP contribution < -0.4 is 0 Å². The van der Waals surface area contributed by atoms with Gasteiger partial charge in [0.2, 0.25) is 11.8 Å².